The van der Waals surface area contributed by atoms with Crippen LogP contribution in [-0.4, -0.2) is 31.7 Å². The molecule has 0 saturated carbocycles. The standard InChI is InChI=1S/C16H17NO5S2/c1-9-6-12(24(3,21)22)7-13(10(9)2)15(18)17-8-11-4-5-14(23-11)16(19)20/h4-7H,8H2,1-3H3,(H,17,18)(H,19,20). The van der Waals surface area contributed by atoms with E-state index in [1.54, 1.807) is 26.0 Å². The number of carbonyl (C=O) groups is 2. The van der Waals surface area contributed by atoms with Gasteiger partial charge in [-0.2, -0.15) is 0 Å². The predicted octanol–water partition coefficient (Wildman–Crippen LogP) is 2.40. The summed E-state index contributed by atoms with van der Waals surface area (Å²) in [7, 11) is -3.41. The van der Waals surface area contributed by atoms with Crippen molar-refractivity contribution in [2.45, 2.75) is 25.3 Å². The Labute approximate surface area is 144 Å². The highest BCUT2D eigenvalue weighted by molar-refractivity contribution is 7.90. The predicted molar refractivity (Wildman–Crippen MR) is 91.5 cm³/mol. The van der Waals surface area contributed by atoms with E-state index < -0.39 is 21.7 Å². The van der Waals surface area contributed by atoms with Gasteiger partial charge in [0.05, 0.1) is 11.4 Å². The Kier molecular flexibility index (Phi) is 5.10. The maximum absolute atomic E-state index is 12.4. The summed E-state index contributed by atoms with van der Waals surface area (Å²) in [5.74, 6) is -1.41. The third-order valence-corrected chi connectivity index (χ3v) is 5.77. The molecule has 1 amide bonds. The van der Waals surface area contributed by atoms with Crippen molar-refractivity contribution in [2.75, 3.05) is 6.26 Å². The van der Waals surface area contributed by atoms with Crippen LogP contribution in [0.15, 0.2) is 29.2 Å². The third kappa shape index (κ3) is 4.01. The molecule has 0 bridgehead atoms. The minimum absolute atomic E-state index is 0.0973. The van der Waals surface area contributed by atoms with Crippen LogP contribution in [0.5, 0.6) is 0 Å². The van der Waals surface area contributed by atoms with Crippen molar-refractivity contribution in [3.63, 3.8) is 0 Å². The van der Waals surface area contributed by atoms with E-state index in [1.807, 2.05) is 0 Å². The molecule has 0 aliphatic carbocycles. The molecule has 0 fully saturated rings. The fourth-order valence-electron chi connectivity index (χ4n) is 2.13. The normalized spacial score (nSPS) is 11.3. The second-order valence-corrected chi connectivity index (χ2v) is 8.62. The maximum Gasteiger partial charge on any atom is 0.345 e. The van der Waals surface area contributed by atoms with Crippen molar-refractivity contribution in [3.05, 3.63) is 50.7 Å². The zero-order chi connectivity index (χ0) is 18.1. The molecule has 0 unspecified atom stereocenters. The van der Waals surface area contributed by atoms with E-state index in [-0.39, 0.29) is 16.3 Å². The Bertz CT molecular complexity index is 913. The molecule has 24 heavy (non-hydrogen) atoms. The van der Waals surface area contributed by atoms with Gasteiger partial charge >= 0.3 is 5.97 Å². The van der Waals surface area contributed by atoms with Crippen LogP contribution >= 0.6 is 11.3 Å². The zero-order valence-corrected chi connectivity index (χ0v) is 15.0. The Balaban J connectivity index is 2.23. The van der Waals surface area contributed by atoms with Gasteiger partial charge in [-0.15, -0.1) is 11.3 Å². The van der Waals surface area contributed by atoms with Gasteiger partial charge in [0, 0.05) is 16.7 Å². The average molecular weight is 367 g/mol. The monoisotopic (exact) mass is 367 g/mol. The van der Waals surface area contributed by atoms with Crippen molar-refractivity contribution >= 4 is 33.1 Å². The first-order valence-electron chi connectivity index (χ1n) is 7.01. The Hall–Kier alpha value is -2.19. The molecule has 0 radical (unpaired) electrons. The van der Waals surface area contributed by atoms with Gasteiger partial charge in [-0.25, -0.2) is 13.2 Å². The second kappa shape index (κ2) is 6.74. The molecule has 2 N–H and O–H groups in total. The number of carboxylic acid groups (broad SMARTS) is 1. The van der Waals surface area contributed by atoms with Crippen LogP contribution in [0.25, 0.3) is 0 Å². The number of carbonyl (C=O) groups excluding carboxylic acids is 1. The molecule has 1 aromatic heterocycles. The highest BCUT2D eigenvalue weighted by atomic mass is 32.2. The smallest absolute Gasteiger partial charge is 0.345 e. The molecule has 0 atom stereocenters. The van der Waals surface area contributed by atoms with Crippen LogP contribution < -0.4 is 5.32 Å². The summed E-state index contributed by atoms with van der Waals surface area (Å²) in [6.07, 6.45) is 1.10. The SMILES string of the molecule is Cc1cc(S(C)(=O)=O)cc(C(=O)NCc2ccc(C(=O)O)s2)c1C. The first kappa shape index (κ1) is 18.2. The topological polar surface area (TPSA) is 101 Å². The number of carboxylic acids is 1. The summed E-state index contributed by atoms with van der Waals surface area (Å²) in [5, 5.41) is 11.6. The Morgan fingerprint density at radius 2 is 1.88 bits per heavy atom. The highest BCUT2D eigenvalue weighted by Crippen LogP contribution is 2.21. The van der Waals surface area contributed by atoms with Crippen LogP contribution in [0.4, 0.5) is 0 Å². The zero-order valence-electron chi connectivity index (χ0n) is 13.4. The number of nitrogens with one attached hydrogen (secondary N) is 1. The number of aryl methyl sites for hydroxylation is 1. The Morgan fingerprint density at radius 1 is 1.21 bits per heavy atom. The molecule has 0 aliphatic rings. The molecule has 0 spiro atoms. The van der Waals surface area contributed by atoms with Crippen LogP contribution in [0, 0.1) is 13.8 Å². The molecule has 1 aromatic carbocycles. The van der Waals surface area contributed by atoms with Crippen LogP contribution in [0.2, 0.25) is 0 Å². The molecule has 2 aromatic rings. The lowest BCUT2D eigenvalue weighted by Gasteiger charge is -2.11. The Morgan fingerprint density at radius 3 is 2.42 bits per heavy atom. The number of thiophene rings is 1. The first-order valence-corrected chi connectivity index (χ1v) is 9.72. The fourth-order valence-corrected chi connectivity index (χ4v) is 3.64. The number of rotatable bonds is 5. The number of benzene rings is 1. The van der Waals surface area contributed by atoms with E-state index in [0.29, 0.717) is 21.6 Å². The lowest BCUT2D eigenvalue weighted by Crippen LogP contribution is -2.24. The molecule has 128 valence electrons. The maximum atomic E-state index is 12.4. The quantitative estimate of drug-likeness (QED) is 0.845. The summed E-state index contributed by atoms with van der Waals surface area (Å²) >= 11 is 1.08. The molecular weight excluding hydrogens is 350 g/mol. The number of hydrogen-bond acceptors (Lipinski definition) is 5. The largest absolute Gasteiger partial charge is 0.477 e. The van der Waals surface area contributed by atoms with Crippen molar-refractivity contribution in [1.82, 2.24) is 5.32 Å². The van der Waals surface area contributed by atoms with Gasteiger partial charge in [-0.05, 0) is 49.2 Å². The molecule has 0 aliphatic heterocycles. The second-order valence-electron chi connectivity index (χ2n) is 5.44. The summed E-state index contributed by atoms with van der Waals surface area (Å²) in [5.41, 5.74) is 1.72. The fraction of sp³-hybridized carbons (Fsp3) is 0.250. The van der Waals surface area contributed by atoms with Crippen molar-refractivity contribution in [1.29, 1.82) is 0 Å². The molecule has 0 saturated heterocycles. The average Bonchev–Trinajstić information content (AvgIpc) is 2.95. The van der Waals surface area contributed by atoms with E-state index >= 15 is 0 Å². The van der Waals surface area contributed by atoms with Gasteiger partial charge in [0.25, 0.3) is 5.91 Å². The van der Waals surface area contributed by atoms with Gasteiger partial charge in [-0.1, -0.05) is 0 Å². The van der Waals surface area contributed by atoms with Crippen molar-refractivity contribution in [3.8, 4) is 0 Å². The molecular formula is C16H17NO5S2. The summed E-state index contributed by atoms with van der Waals surface area (Å²) in [4.78, 5) is 24.2. The number of sulfone groups is 1. The summed E-state index contributed by atoms with van der Waals surface area (Å²) < 4.78 is 23.5. The van der Waals surface area contributed by atoms with Crippen LogP contribution in [-0.2, 0) is 16.4 Å². The van der Waals surface area contributed by atoms with Crippen LogP contribution in [0.3, 0.4) is 0 Å². The van der Waals surface area contributed by atoms with E-state index in [4.69, 9.17) is 5.11 Å². The molecule has 6 nitrogen and oxygen atoms in total. The van der Waals surface area contributed by atoms with Gasteiger partial charge in [-0.3, -0.25) is 4.79 Å². The highest BCUT2D eigenvalue weighted by Gasteiger charge is 2.17. The lowest BCUT2D eigenvalue weighted by molar-refractivity contribution is 0.0702. The molecule has 8 heteroatoms. The summed E-state index contributed by atoms with van der Waals surface area (Å²) in [6, 6.07) is 6.03. The van der Waals surface area contributed by atoms with Gasteiger partial charge in [0.1, 0.15) is 4.88 Å². The van der Waals surface area contributed by atoms with Gasteiger partial charge < -0.3 is 10.4 Å². The van der Waals surface area contributed by atoms with E-state index in [0.717, 1.165) is 17.6 Å². The number of hydrogen-bond donors (Lipinski definition) is 2. The van der Waals surface area contributed by atoms with E-state index in [1.165, 1.54) is 12.1 Å². The first-order chi connectivity index (χ1) is 11.1. The van der Waals surface area contributed by atoms with Crippen LogP contribution in [0.1, 0.15) is 36.0 Å². The van der Waals surface area contributed by atoms with Gasteiger partial charge in [0.2, 0.25) is 0 Å². The van der Waals surface area contributed by atoms with Gasteiger partial charge in [0.15, 0.2) is 9.84 Å². The lowest BCUT2D eigenvalue weighted by atomic mass is 10.0. The summed E-state index contributed by atoms with van der Waals surface area (Å²) in [6.45, 7) is 3.68. The number of aromatic carboxylic acids is 1. The number of amides is 1. The van der Waals surface area contributed by atoms with Crippen molar-refractivity contribution < 1.29 is 23.1 Å². The third-order valence-electron chi connectivity index (χ3n) is 3.61. The molecule has 1 heterocycles. The molecule has 2 rings (SSSR count). The minimum Gasteiger partial charge on any atom is -0.477 e. The minimum atomic E-state index is -3.41. The van der Waals surface area contributed by atoms with Crippen molar-refractivity contribution in [2.24, 2.45) is 0 Å². The van der Waals surface area contributed by atoms with E-state index in [9.17, 15) is 18.0 Å². The van der Waals surface area contributed by atoms with E-state index in [2.05, 4.69) is 5.32 Å².